The lowest BCUT2D eigenvalue weighted by atomic mass is 10.1. The van der Waals surface area contributed by atoms with E-state index in [0.717, 1.165) is 45.1 Å². The van der Waals surface area contributed by atoms with Crippen LogP contribution < -0.4 is 11.1 Å². The zero-order chi connectivity index (χ0) is 16.2. The van der Waals surface area contributed by atoms with Gasteiger partial charge in [0.05, 0.1) is 0 Å². The SMILES string of the molecule is NCC(S)CCCCCNC(=O)CCCc1ccc(I)cc1. The third-order valence-corrected chi connectivity index (χ3v) is 4.78. The lowest BCUT2D eigenvalue weighted by molar-refractivity contribution is -0.121. The lowest BCUT2D eigenvalue weighted by Gasteiger charge is -2.08. The largest absolute Gasteiger partial charge is 0.356 e. The van der Waals surface area contributed by atoms with Crippen LogP contribution in [0, 0.1) is 3.57 Å². The average Bonchev–Trinajstić information content (AvgIpc) is 2.52. The van der Waals surface area contributed by atoms with Crippen molar-refractivity contribution in [2.45, 2.75) is 50.2 Å². The molecule has 1 aromatic rings. The summed E-state index contributed by atoms with van der Waals surface area (Å²) in [6.07, 6.45) is 6.83. The smallest absolute Gasteiger partial charge is 0.220 e. The lowest BCUT2D eigenvalue weighted by Crippen LogP contribution is -2.24. The van der Waals surface area contributed by atoms with Gasteiger partial charge in [0.15, 0.2) is 0 Å². The summed E-state index contributed by atoms with van der Waals surface area (Å²) in [6, 6.07) is 8.48. The molecule has 1 aromatic carbocycles. The second-order valence-electron chi connectivity index (χ2n) is 5.57. The molecule has 1 atom stereocenters. The fourth-order valence-corrected chi connectivity index (χ4v) is 2.76. The van der Waals surface area contributed by atoms with Crippen molar-refractivity contribution in [3.63, 3.8) is 0 Å². The fraction of sp³-hybridized carbons (Fsp3) is 0.588. The Morgan fingerprint density at radius 1 is 1.18 bits per heavy atom. The predicted octanol–water partition coefficient (Wildman–Crippen LogP) is 3.55. The number of hydrogen-bond donors (Lipinski definition) is 3. The number of carbonyl (C=O) groups excluding carboxylic acids is 1. The summed E-state index contributed by atoms with van der Waals surface area (Å²) in [5.41, 5.74) is 6.82. The zero-order valence-corrected chi connectivity index (χ0v) is 16.1. The summed E-state index contributed by atoms with van der Waals surface area (Å²) in [7, 11) is 0. The van der Waals surface area contributed by atoms with Crippen molar-refractivity contribution in [2.24, 2.45) is 5.73 Å². The molecular formula is C17H27IN2OS. The van der Waals surface area contributed by atoms with E-state index in [2.05, 4.69) is 64.8 Å². The molecule has 0 saturated carbocycles. The first-order chi connectivity index (χ1) is 10.6. The Bertz CT molecular complexity index is 425. The summed E-state index contributed by atoms with van der Waals surface area (Å²) >= 11 is 6.67. The molecule has 22 heavy (non-hydrogen) atoms. The third-order valence-electron chi connectivity index (χ3n) is 3.59. The molecule has 0 aliphatic rings. The first-order valence-corrected chi connectivity index (χ1v) is 9.60. The van der Waals surface area contributed by atoms with Gasteiger partial charge < -0.3 is 11.1 Å². The second kappa shape index (κ2) is 12.2. The quantitative estimate of drug-likeness (QED) is 0.284. The summed E-state index contributed by atoms with van der Waals surface area (Å²) in [6.45, 7) is 1.42. The van der Waals surface area contributed by atoms with E-state index >= 15 is 0 Å². The molecule has 1 amide bonds. The Hall–Kier alpha value is -0.270. The molecule has 3 N–H and O–H groups in total. The summed E-state index contributed by atoms with van der Waals surface area (Å²) < 4.78 is 1.25. The van der Waals surface area contributed by atoms with Crippen molar-refractivity contribution >= 4 is 41.1 Å². The van der Waals surface area contributed by atoms with Crippen LogP contribution in [0.4, 0.5) is 0 Å². The predicted molar refractivity (Wildman–Crippen MR) is 105 cm³/mol. The van der Waals surface area contributed by atoms with Crippen molar-refractivity contribution in [2.75, 3.05) is 13.1 Å². The second-order valence-corrected chi connectivity index (χ2v) is 7.54. The zero-order valence-electron chi connectivity index (χ0n) is 13.1. The highest BCUT2D eigenvalue weighted by Gasteiger charge is 2.02. The number of aryl methyl sites for hydroxylation is 1. The van der Waals surface area contributed by atoms with Gasteiger partial charge in [-0.05, 0) is 66.0 Å². The van der Waals surface area contributed by atoms with Crippen molar-refractivity contribution in [3.8, 4) is 0 Å². The minimum Gasteiger partial charge on any atom is -0.356 e. The number of benzene rings is 1. The van der Waals surface area contributed by atoms with Crippen LogP contribution in [0.15, 0.2) is 24.3 Å². The van der Waals surface area contributed by atoms with Crippen LogP contribution in [0.5, 0.6) is 0 Å². The summed E-state index contributed by atoms with van der Waals surface area (Å²) in [5.74, 6) is 0.166. The summed E-state index contributed by atoms with van der Waals surface area (Å²) in [5, 5.41) is 3.31. The van der Waals surface area contributed by atoms with Gasteiger partial charge in [0.2, 0.25) is 5.91 Å². The van der Waals surface area contributed by atoms with Crippen LogP contribution in [0.1, 0.15) is 44.1 Å². The van der Waals surface area contributed by atoms with E-state index < -0.39 is 0 Å². The minimum atomic E-state index is 0.166. The Balaban J connectivity index is 1.98. The van der Waals surface area contributed by atoms with Crippen molar-refractivity contribution in [3.05, 3.63) is 33.4 Å². The first kappa shape index (κ1) is 19.8. The minimum absolute atomic E-state index is 0.166. The van der Waals surface area contributed by atoms with E-state index in [0.29, 0.717) is 18.2 Å². The third kappa shape index (κ3) is 9.69. The highest BCUT2D eigenvalue weighted by atomic mass is 127. The molecule has 0 fully saturated rings. The van der Waals surface area contributed by atoms with Crippen molar-refractivity contribution < 1.29 is 4.79 Å². The Labute approximate surface area is 153 Å². The topological polar surface area (TPSA) is 55.1 Å². The molecule has 124 valence electrons. The molecule has 0 heterocycles. The van der Waals surface area contributed by atoms with Crippen LogP contribution in [-0.2, 0) is 11.2 Å². The van der Waals surface area contributed by atoms with Crippen molar-refractivity contribution in [1.82, 2.24) is 5.32 Å². The average molecular weight is 434 g/mol. The van der Waals surface area contributed by atoms with Crippen LogP contribution >= 0.6 is 35.2 Å². The fourth-order valence-electron chi connectivity index (χ4n) is 2.22. The summed E-state index contributed by atoms with van der Waals surface area (Å²) in [4.78, 5) is 11.7. The maximum Gasteiger partial charge on any atom is 0.220 e. The number of unbranched alkanes of at least 4 members (excludes halogenated alkanes) is 2. The van der Waals surface area contributed by atoms with Gasteiger partial charge in [-0.15, -0.1) is 0 Å². The highest BCUT2D eigenvalue weighted by Crippen LogP contribution is 2.10. The van der Waals surface area contributed by atoms with E-state index in [1.54, 1.807) is 0 Å². The molecule has 0 radical (unpaired) electrons. The molecule has 3 nitrogen and oxygen atoms in total. The van der Waals surface area contributed by atoms with Gasteiger partial charge >= 0.3 is 0 Å². The number of thiol groups is 1. The van der Waals surface area contributed by atoms with Gasteiger partial charge in [0.1, 0.15) is 0 Å². The molecule has 0 aromatic heterocycles. The Kier molecular flexibility index (Phi) is 11.0. The number of nitrogens with one attached hydrogen (secondary N) is 1. The van der Waals surface area contributed by atoms with E-state index in [-0.39, 0.29) is 5.91 Å². The molecule has 0 spiro atoms. The van der Waals surface area contributed by atoms with E-state index in [9.17, 15) is 4.79 Å². The number of amides is 1. The maximum absolute atomic E-state index is 11.7. The highest BCUT2D eigenvalue weighted by molar-refractivity contribution is 14.1. The van der Waals surface area contributed by atoms with Crippen LogP contribution in [0.25, 0.3) is 0 Å². The molecule has 1 unspecified atom stereocenters. The normalized spacial score (nSPS) is 12.1. The molecule has 0 bridgehead atoms. The Morgan fingerprint density at radius 2 is 1.91 bits per heavy atom. The number of hydrogen-bond acceptors (Lipinski definition) is 3. The number of nitrogens with two attached hydrogens (primary N) is 1. The number of halogens is 1. The van der Waals surface area contributed by atoms with E-state index in [1.165, 1.54) is 9.13 Å². The van der Waals surface area contributed by atoms with Crippen LogP contribution in [-0.4, -0.2) is 24.2 Å². The number of carbonyl (C=O) groups is 1. The molecular weight excluding hydrogens is 407 g/mol. The van der Waals surface area contributed by atoms with Crippen molar-refractivity contribution in [1.29, 1.82) is 0 Å². The van der Waals surface area contributed by atoms with Gasteiger partial charge in [-0.1, -0.05) is 25.0 Å². The molecule has 0 saturated heterocycles. The maximum atomic E-state index is 11.7. The van der Waals surface area contributed by atoms with E-state index in [4.69, 9.17) is 5.73 Å². The van der Waals surface area contributed by atoms with Gasteiger partial charge in [-0.3, -0.25) is 4.79 Å². The molecule has 0 aliphatic carbocycles. The van der Waals surface area contributed by atoms with Crippen LogP contribution in [0.3, 0.4) is 0 Å². The van der Waals surface area contributed by atoms with Gasteiger partial charge in [0.25, 0.3) is 0 Å². The van der Waals surface area contributed by atoms with Gasteiger partial charge in [-0.25, -0.2) is 0 Å². The monoisotopic (exact) mass is 434 g/mol. The number of rotatable bonds is 11. The van der Waals surface area contributed by atoms with Crippen LogP contribution in [0.2, 0.25) is 0 Å². The standard InChI is InChI=1S/C17H27IN2OS/c18-15-10-8-14(9-11-15)5-4-7-17(21)20-12-3-1-2-6-16(22)13-19/h8-11,16,22H,1-7,12-13,19H2,(H,20,21). The molecule has 5 heteroatoms. The first-order valence-electron chi connectivity index (χ1n) is 8.01. The van der Waals surface area contributed by atoms with Gasteiger partial charge in [0, 0.05) is 28.3 Å². The molecule has 0 aliphatic heterocycles. The Morgan fingerprint density at radius 3 is 2.59 bits per heavy atom. The van der Waals surface area contributed by atoms with E-state index in [1.807, 2.05) is 0 Å². The van der Waals surface area contributed by atoms with Gasteiger partial charge in [-0.2, -0.15) is 12.6 Å². The molecule has 1 rings (SSSR count).